The van der Waals surface area contributed by atoms with E-state index in [0.29, 0.717) is 12.3 Å². The van der Waals surface area contributed by atoms with Crippen LogP contribution in [-0.2, 0) is 9.59 Å². The molecule has 0 fully saturated rings. The maximum atomic E-state index is 11.5. The van der Waals surface area contributed by atoms with Gasteiger partial charge in [-0.3, -0.25) is 9.59 Å². The molecule has 2 amide bonds. The third-order valence-electron chi connectivity index (χ3n) is 2.48. The second kappa shape index (κ2) is 10.9. The van der Waals surface area contributed by atoms with Gasteiger partial charge >= 0.3 is 29.6 Å². The predicted molar refractivity (Wildman–Crippen MR) is 72.5 cm³/mol. The van der Waals surface area contributed by atoms with Gasteiger partial charge in [0.25, 0.3) is 0 Å². The van der Waals surface area contributed by atoms with E-state index in [4.69, 9.17) is 5.11 Å². The van der Waals surface area contributed by atoms with Gasteiger partial charge in [0, 0.05) is 30.7 Å². The fourth-order valence-corrected chi connectivity index (χ4v) is 1.23. The van der Waals surface area contributed by atoms with Gasteiger partial charge in [0.2, 0.25) is 11.8 Å². The number of hydrogen-bond donors (Lipinski definition) is 5. The molecule has 0 saturated heterocycles. The first-order valence-corrected chi connectivity index (χ1v) is 6.42. The molecule has 0 aliphatic heterocycles. The van der Waals surface area contributed by atoms with Crippen molar-refractivity contribution in [3.8, 4) is 0 Å². The van der Waals surface area contributed by atoms with Crippen LogP contribution in [-0.4, -0.2) is 53.6 Å². The molecule has 0 aliphatic rings. The number of rotatable bonds is 8. The van der Waals surface area contributed by atoms with Crippen LogP contribution in [0.1, 0.15) is 21.7 Å². The molecule has 1 unspecified atom stereocenters. The molecule has 0 rings (SSSR count). The number of carbonyl (C=O) groups is 2. The summed E-state index contributed by atoms with van der Waals surface area (Å²) in [5.41, 5.74) is -0.904. The van der Waals surface area contributed by atoms with Crippen molar-refractivity contribution in [1.82, 2.24) is 10.6 Å². The molecule has 4 N–H and O–H groups in total. The Morgan fingerprint density at radius 2 is 1.89 bits per heavy atom. The van der Waals surface area contributed by atoms with Crippen LogP contribution in [0.3, 0.4) is 0 Å². The Balaban J connectivity index is -0.00000144. The molecule has 19 heavy (non-hydrogen) atoms. The second-order valence-electron chi connectivity index (χ2n) is 4.66. The summed E-state index contributed by atoms with van der Waals surface area (Å²) in [6, 6.07) is 0. The number of carbonyl (C=O) groups excluding carboxylic acids is 2. The normalized spacial score (nSPS) is 12.3. The summed E-state index contributed by atoms with van der Waals surface area (Å²) in [5.74, 6) is -0.210. The molecule has 0 aromatic rings. The van der Waals surface area contributed by atoms with E-state index in [1.165, 1.54) is 0 Å². The van der Waals surface area contributed by atoms with E-state index in [0.717, 1.165) is 0 Å². The molecule has 0 spiro atoms. The predicted octanol–water partition coefficient (Wildman–Crippen LogP) is -3.97. The topological polar surface area (TPSA) is 98.7 Å². The van der Waals surface area contributed by atoms with Crippen molar-refractivity contribution in [3.05, 3.63) is 0 Å². The van der Waals surface area contributed by atoms with E-state index < -0.39 is 17.4 Å². The number of nitrogens with one attached hydrogen (secondary N) is 2. The van der Waals surface area contributed by atoms with Gasteiger partial charge in [-0.25, -0.2) is 0 Å². The monoisotopic (exact) mass is 302 g/mol. The minimum absolute atomic E-state index is 0. The Morgan fingerprint density at radius 1 is 1.32 bits per heavy atom. The van der Waals surface area contributed by atoms with Crippen molar-refractivity contribution in [2.24, 2.45) is 5.41 Å². The number of hydrogen-bond acceptors (Lipinski definition) is 5. The third kappa shape index (κ3) is 8.88. The Hall–Kier alpha value is 0.210. The Labute approximate surface area is 142 Å². The van der Waals surface area contributed by atoms with Crippen LogP contribution in [0.2, 0.25) is 0 Å². The van der Waals surface area contributed by atoms with E-state index in [-0.39, 0.29) is 56.5 Å². The first-order chi connectivity index (χ1) is 8.35. The van der Waals surface area contributed by atoms with Crippen LogP contribution in [0, 0.1) is 5.41 Å². The zero-order valence-electron chi connectivity index (χ0n) is 12.8. The second-order valence-corrected chi connectivity index (χ2v) is 5.11. The first kappa shape index (κ1) is 21.5. The summed E-state index contributed by atoms with van der Waals surface area (Å²) in [7, 11) is 0. The van der Waals surface area contributed by atoms with Gasteiger partial charge in [-0.2, -0.15) is 12.6 Å². The van der Waals surface area contributed by atoms with E-state index in [1.54, 1.807) is 13.8 Å². The van der Waals surface area contributed by atoms with Gasteiger partial charge in [0.05, 0.1) is 6.61 Å². The molecule has 108 valence electrons. The minimum Gasteiger partial charge on any atom is -1.00 e. The Bertz CT molecular complexity index is 296. The van der Waals surface area contributed by atoms with E-state index in [1.807, 2.05) is 0 Å². The molecule has 0 saturated carbocycles. The molecule has 0 heterocycles. The van der Waals surface area contributed by atoms with Crippen molar-refractivity contribution >= 4 is 24.4 Å². The van der Waals surface area contributed by atoms with Crippen LogP contribution in [0.5, 0.6) is 0 Å². The largest absolute Gasteiger partial charge is 1.00 e. The maximum absolute atomic E-state index is 11.5. The quantitative estimate of drug-likeness (QED) is 0.233. The summed E-state index contributed by atoms with van der Waals surface area (Å²) < 4.78 is 0. The minimum atomic E-state index is -1.30. The fraction of sp³-hybridized carbons (Fsp3) is 0.818. The van der Waals surface area contributed by atoms with Crippen molar-refractivity contribution in [2.45, 2.75) is 26.4 Å². The van der Waals surface area contributed by atoms with Gasteiger partial charge in [-0.15, -0.1) is 0 Å². The van der Waals surface area contributed by atoms with Gasteiger partial charge in [0.1, 0.15) is 6.10 Å². The molecule has 0 radical (unpaired) electrons. The van der Waals surface area contributed by atoms with Crippen LogP contribution in [0.15, 0.2) is 0 Å². The van der Waals surface area contributed by atoms with Gasteiger partial charge < -0.3 is 22.3 Å². The smallest absolute Gasteiger partial charge is 1.00 e. The van der Waals surface area contributed by atoms with Gasteiger partial charge in [-0.1, -0.05) is 13.8 Å². The zero-order valence-corrected chi connectivity index (χ0v) is 14.7. The molecule has 0 bridgehead atoms. The average molecular weight is 302 g/mol. The van der Waals surface area contributed by atoms with Crippen LogP contribution in [0.4, 0.5) is 0 Å². The van der Waals surface area contributed by atoms with Crippen molar-refractivity contribution < 1.29 is 50.8 Å². The molecule has 1 atom stereocenters. The Morgan fingerprint density at radius 3 is 2.37 bits per heavy atom. The van der Waals surface area contributed by atoms with E-state index in [9.17, 15) is 14.7 Å². The Kier molecular flexibility index (Phi) is 12.4. The average Bonchev–Trinajstić information content (AvgIpc) is 2.35. The SMILES string of the molecule is CC(C)(CO)C(O)C(=O)NCCC(=O)NCCS.[H-].[Na+]. The third-order valence-corrected chi connectivity index (χ3v) is 2.70. The molecule has 0 aromatic heterocycles. The van der Waals surface area contributed by atoms with Gasteiger partial charge in [-0.05, 0) is 0 Å². The van der Waals surface area contributed by atoms with Crippen LogP contribution >= 0.6 is 12.6 Å². The number of aliphatic hydroxyl groups is 2. The summed E-state index contributed by atoms with van der Waals surface area (Å²) in [4.78, 5) is 22.7. The molecule has 6 nitrogen and oxygen atoms in total. The van der Waals surface area contributed by atoms with Gasteiger partial charge in [0.15, 0.2) is 0 Å². The number of thiol groups is 1. The molecular formula is C11H23N2NaO4S. The van der Waals surface area contributed by atoms with E-state index >= 15 is 0 Å². The van der Waals surface area contributed by atoms with Crippen LogP contribution < -0.4 is 40.2 Å². The summed E-state index contributed by atoms with van der Waals surface area (Å²) >= 11 is 3.95. The number of aliphatic hydroxyl groups excluding tert-OH is 2. The van der Waals surface area contributed by atoms with Crippen LogP contribution in [0.25, 0.3) is 0 Å². The maximum Gasteiger partial charge on any atom is 1.00 e. The number of amides is 2. The molecule has 0 aliphatic carbocycles. The van der Waals surface area contributed by atoms with Crippen molar-refractivity contribution in [1.29, 1.82) is 0 Å². The standard InChI is InChI=1S/C11H22N2O4S.Na.H/c1-11(2,7-14)9(16)10(17)13-4-3-8(15)12-5-6-18;;/h9,14,16,18H,3-7H2,1-2H3,(H,12,15)(H,13,17);;/q;+1;-1. The van der Waals surface area contributed by atoms with E-state index in [2.05, 4.69) is 23.3 Å². The fourth-order valence-electron chi connectivity index (χ4n) is 1.12. The summed E-state index contributed by atoms with van der Waals surface area (Å²) in [6.07, 6.45) is -1.16. The van der Waals surface area contributed by atoms with Crippen molar-refractivity contribution in [2.75, 3.05) is 25.4 Å². The van der Waals surface area contributed by atoms with Crippen molar-refractivity contribution in [3.63, 3.8) is 0 Å². The molecule has 0 aromatic carbocycles. The summed E-state index contributed by atoms with van der Waals surface area (Å²) in [5, 5.41) is 23.7. The molecular weight excluding hydrogens is 279 g/mol. The molecule has 8 heteroatoms. The zero-order chi connectivity index (χ0) is 14.2. The summed E-state index contributed by atoms with van der Waals surface area (Å²) in [6.45, 7) is 3.49. The first-order valence-electron chi connectivity index (χ1n) is 5.79.